The van der Waals surface area contributed by atoms with Crippen molar-refractivity contribution >= 4 is 12.0 Å². The molecule has 2 amide bonds. The topological polar surface area (TPSA) is 67.4 Å². The van der Waals surface area contributed by atoms with Crippen LogP contribution in [-0.2, 0) is 16.1 Å². The van der Waals surface area contributed by atoms with Crippen molar-refractivity contribution in [1.82, 2.24) is 10.6 Å². The highest BCUT2D eigenvalue weighted by molar-refractivity contribution is 5.83. The summed E-state index contributed by atoms with van der Waals surface area (Å²) in [4.78, 5) is 24.3. The molecule has 25 heavy (non-hydrogen) atoms. The highest BCUT2D eigenvalue weighted by atomic mass is 16.5. The Morgan fingerprint density at radius 2 is 1.92 bits per heavy atom. The number of hydrogen-bond acceptors (Lipinski definition) is 3. The summed E-state index contributed by atoms with van der Waals surface area (Å²) in [6, 6.07) is 16.8. The molecule has 1 fully saturated rings. The first-order valence-corrected chi connectivity index (χ1v) is 8.39. The third-order valence-corrected chi connectivity index (χ3v) is 4.51. The molecular weight excluding hydrogens is 316 g/mol. The Morgan fingerprint density at radius 1 is 1.16 bits per heavy atom. The highest BCUT2D eigenvalue weighted by Crippen LogP contribution is 2.29. The Balaban J connectivity index is 1.67. The fraction of sp³-hybridized carbons (Fsp3) is 0.300. The van der Waals surface area contributed by atoms with Gasteiger partial charge in [0.15, 0.2) is 0 Å². The van der Waals surface area contributed by atoms with Gasteiger partial charge in [-0.3, -0.25) is 4.79 Å². The van der Waals surface area contributed by atoms with E-state index in [9.17, 15) is 9.59 Å². The summed E-state index contributed by atoms with van der Waals surface area (Å²) < 4.78 is 5.29. The molecule has 3 unspecified atom stereocenters. The Labute approximate surface area is 147 Å². The van der Waals surface area contributed by atoms with Crippen molar-refractivity contribution in [2.24, 2.45) is 5.92 Å². The van der Waals surface area contributed by atoms with E-state index in [2.05, 4.69) is 10.6 Å². The van der Waals surface area contributed by atoms with Crippen molar-refractivity contribution in [1.29, 1.82) is 0 Å². The number of benzene rings is 2. The average molecular weight is 338 g/mol. The summed E-state index contributed by atoms with van der Waals surface area (Å²) in [5.41, 5.74) is 3.00. The number of rotatable bonds is 4. The molecule has 0 aliphatic carbocycles. The molecule has 1 aliphatic heterocycles. The van der Waals surface area contributed by atoms with Crippen LogP contribution in [0.2, 0.25) is 0 Å². The van der Waals surface area contributed by atoms with E-state index in [4.69, 9.17) is 4.74 Å². The Morgan fingerprint density at radius 3 is 2.64 bits per heavy atom. The lowest BCUT2D eigenvalue weighted by Gasteiger charge is -2.22. The largest absolute Gasteiger partial charge is 0.445 e. The van der Waals surface area contributed by atoms with Crippen LogP contribution in [-0.4, -0.2) is 18.0 Å². The van der Waals surface area contributed by atoms with E-state index in [1.54, 1.807) is 0 Å². The molecule has 3 atom stereocenters. The van der Waals surface area contributed by atoms with Crippen LogP contribution in [0.3, 0.4) is 0 Å². The molecular formula is C20H22N2O3. The van der Waals surface area contributed by atoms with Crippen molar-refractivity contribution < 1.29 is 14.3 Å². The Bertz CT molecular complexity index is 761. The van der Waals surface area contributed by atoms with Crippen LogP contribution < -0.4 is 10.6 Å². The van der Waals surface area contributed by atoms with Crippen LogP contribution in [0.5, 0.6) is 0 Å². The van der Waals surface area contributed by atoms with Gasteiger partial charge in [0.1, 0.15) is 6.61 Å². The van der Waals surface area contributed by atoms with Gasteiger partial charge in [0.25, 0.3) is 0 Å². The first-order chi connectivity index (χ1) is 12.0. The molecule has 3 rings (SSSR count). The Hall–Kier alpha value is -2.82. The summed E-state index contributed by atoms with van der Waals surface area (Å²) >= 11 is 0. The zero-order valence-corrected chi connectivity index (χ0v) is 14.4. The maximum absolute atomic E-state index is 12.2. The van der Waals surface area contributed by atoms with Crippen LogP contribution in [0.1, 0.15) is 29.7 Å². The lowest BCUT2D eigenvalue weighted by molar-refractivity contribution is -0.122. The van der Waals surface area contributed by atoms with Gasteiger partial charge >= 0.3 is 6.09 Å². The number of alkyl carbamates (subject to hydrolysis) is 1. The summed E-state index contributed by atoms with van der Waals surface area (Å²) in [6.45, 7) is 4.01. The standard InChI is InChI=1S/C20H22N2O3/c1-13-7-6-10-16(11-13)18-17(14(2)19(23)21-18)22-20(24)25-12-15-8-4-3-5-9-15/h3-11,14,17-18H,12H2,1-2H3,(H,21,23)(H,22,24). The second-order valence-corrected chi connectivity index (χ2v) is 6.42. The molecule has 0 radical (unpaired) electrons. The van der Waals surface area contributed by atoms with E-state index in [1.807, 2.05) is 68.4 Å². The van der Waals surface area contributed by atoms with Crippen LogP contribution in [0.25, 0.3) is 0 Å². The predicted octanol–water partition coefficient (Wildman–Crippen LogP) is 3.10. The van der Waals surface area contributed by atoms with Crippen molar-refractivity contribution in [3.05, 3.63) is 71.3 Å². The number of hydrogen-bond donors (Lipinski definition) is 2. The van der Waals surface area contributed by atoms with Gasteiger partial charge in [-0.2, -0.15) is 0 Å². The molecule has 2 aromatic rings. The van der Waals surface area contributed by atoms with E-state index in [1.165, 1.54) is 0 Å². The number of carbonyl (C=O) groups is 2. The van der Waals surface area contributed by atoms with Crippen molar-refractivity contribution in [3.8, 4) is 0 Å². The molecule has 0 saturated carbocycles. The SMILES string of the molecule is Cc1cccc(C2NC(=O)C(C)C2NC(=O)OCc2ccccc2)c1. The molecule has 2 N–H and O–H groups in total. The van der Waals surface area contributed by atoms with Gasteiger partial charge in [0, 0.05) is 0 Å². The maximum atomic E-state index is 12.2. The first kappa shape index (κ1) is 17.0. The second-order valence-electron chi connectivity index (χ2n) is 6.42. The molecule has 1 aliphatic rings. The van der Waals surface area contributed by atoms with Gasteiger partial charge in [0.2, 0.25) is 5.91 Å². The van der Waals surface area contributed by atoms with Gasteiger partial charge in [-0.1, -0.05) is 67.1 Å². The fourth-order valence-corrected chi connectivity index (χ4v) is 3.09. The second kappa shape index (κ2) is 7.38. The van der Waals surface area contributed by atoms with Crippen molar-refractivity contribution in [3.63, 3.8) is 0 Å². The number of ether oxygens (including phenoxy) is 1. The minimum absolute atomic E-state index is 0.0696. The van der Waals surface area contributed by atoms with Crippen LogP contribution in [0.15, 0.2) is 54.6 Å². The number of amides is 2. The molecule has 5 heteroatoms. The average Bonchev–Trinajstić information content (AvgIpc) is 2.89. The van der Waals surface area contributed by atoms with Gasteiger partial charge in [-0.05, 0) is 18.1 Å². The van der Waals surface area contributed by atoms with E-state index in [0.717, 1.165) is 16.7 Å². The molecule has 0 aromatic heterocycles. The van der Waals surface area contributed by atoms with Gasteiger partial charge in [-0.25, -0.2) is 4.79 Å². The molecule has 130 valence electrons. The molecule has 5 nitrogen and oxygen atoms in total. The minimum Gasteiger partial charge on any atom is -0.445 e. The summed E-state index contributed by atoms with van der Waals surface area (Å²) in [6.07, 6.45) is -0.519. The van der Waals surface area contributed by atoms with E-state index in [-0.39, 0.29) is 30.5 Å². The summed E-state index contributed by atoms with van der Waals surface area (Å²) in [5.74, 6) is -0.394. The Kier molecular flexibility index (Phi) is 5.03. The number of nitrogens with one attached hydrogen (secondary N) is 2. The highest BCUT2D eigenvalue weighted by Gasteiger charge is 2.41. The number of carbonyl (C=O) groups excluding carboxylic acids is 2. The zero-order valence-electron chi connectivity index (χ0n) is 14.4. The molecule has 0 bridgehead atoms. The van der Waals surface area contributed by atoms with Gasteiger partial charge in [-0.15, -0.1) is 0 Å². The normalized spacial score (nSPS) is 22.3. The molecule has 0 spiro atoms. The molecule has 1 saturated heterocycles. The fourth-order valence-electron chi connectivity index (χ4n) is 3.09. The van der Waals surface area contributed by atoms with Crippen molar-refractivity contribution in [2.75, 3.05) is 0 Å². The predicted molar refractivity (Wildman–Crippen MR) is 94.8 cm³/mol. The lowest BCUT2D eigenvalue weighted by Crippen LogP contribution is -2.41. The maximum Gasteiger partial charge on any atom is 0.407 e. The first-order valence-electron chi connectivity index (χ1n) is 8.39. The number of aryl methyl sites for hydroxylation is 1. The van der Waals surface area contributed by atoms with Crippen LogP contribution in [0.4, 0.5) is 4.79 Å². The lowest BCUT2D eigenvalue weighted by atomic mass is 9.94. The molecule has 2 aromatic carbocycles. The smallest absolute Gasteiger partial charge is 0.407 e. The molecule has 1 heterocycles. The summed E-state index contributed by atoms with van der Waals surface area (Å²) in [5, 5.41) is 5.82. The van der Waals surface area contributed by atoms with E-state index < -0.39 is 6.09 Å². The van der Waals surface area contributed by atoms with Gasteiger partial charge in [0.05, 0.1) is 18.0 Å². The third kappa shape index (κ3) is 3.99. The third-order valence-electron chi connectivity index (χ3n) is 4.51. The van der Waals surface area contributed by atoms with E-state index >= 15 is 0 Å². The van der Waals surface area contributed by atoms with Crippen LogP contribution in [0, 0.1) is 12.8 Å². The van der Waals surface area contributed by atoms with Crippen molar-refractivity contribution in [2.45, 2.75) is 32.5 Å². The zero-order chi connectivity index (χ0) is 17.8. The quantitative estimate of drug-likeness (QED) is 0.900. The van der Waals surface area contributed by atoms with Crippen LogP contribution >= 0.6 is 0 Å². The summed E-state index contributed by atoms with van der Waals surface area (Å²) in [7, 11) is 0. The minimum atomic E-state index is -0.519. The monoisotopic (exact) mass is 338 g/mol. The van der Waals surface area contributed by atoms with E-state index in [0.29, 0.717) is 0 Å². The van der Waals surface area contributed by atoms with Gasteiger partial charge < -0.3 is 15.4 Å².